The van der Waals surface area contributed by atoms with Gasteiger partial charge in [-0.3, -0.25) is 0 Å². The fourth-order valence-corrected chi connectivity index (χ4v) is 1.64. The molecule has 0 aliphatic heterocycles. The van der Waals surface area contributed by atoms with Gasteiger partial charge < -0.3 is 5.73 Å². The van der Waals surface area contributed by atoms with Crippen LogP contribution in [0.2, 0.25) is 0 Å². The number of pyridine rings is 1. The second kappa shape index (κ2) is 4.89. The smallest absolute Gasteiger partial charge is 0.136 e. The minimum atomic E-state index is -0.303. The van der Waals surface area contributed by atoms with Gasteiger partial charge in [0.2, 0.25) is 0 Å². The first kappa shape index (κ1) is 12.1. The van der Waals surface area contributed by atoms with Gasteiger partial charge in [0.15, 0.2) is 0 Å². The van der Waals surface area contributed by atoms with Gasteiger partial charge in [0, 0.05) is 11.3 Å². The lowest BCUT2D eigenvalue weighted by Crippen LogP contribution is -1.99. The van der Waals surface area contributed by atoms with Crippen molar-refractivity contribution in [2.75, 3.05) is 5.73 Å². The summed E-state index contributed by atoms with van der Waals surface area (Å²) in [5.74, 6) is 5.45. The summed E-state index contributed by atoms with van der Waals surface area (Å²) >= 11 is 0. The van der Waals surface area contributed by atoms with E-state index in [2.05, 4.69) is 16.8 Å². The minimum Gasteiger partial charge on any atom is -0.396 e. The van der Waals surface area contributed by atoms with E-state index in [9.17, 15) is 4.39 Å². The molecular formula is C15H13FN2. The Balaban J connectivity index is 2.41. The monoisotopic (exact) mass is 240 g/mol. The molecule has 2 rings (SSSR count). The molecule has 0 amide bonds. The number of aryl methyl sites for hydroxylation is 2. The molecule has 2 nitrogen and oxygen atoms in total. The summed E-state index contributed by atoms with van der Waals surface area (Å²) in [6.45, 7) is 3.80. The zero-order valence-corrected chi connectivity index (χ0v) is 10.3. The lowest BCUT2D eigenvalue weighted by molar-refractivity contribution is 0.627. The van der Waals surface area contributed by atoms with Crippen molar-refractivity contribution < 1.29 is 4.39 Å². The van der Waals surface area contributed by atoms with Gasteiger partial charge in [-0.15, -0.1) is 0 Å². The van der Waals surface area contributed by atoms with Crippen LogP contribution in [0.1, 0.15) is 22.5 Å². The number of hydrogen-bond donors (Lipinski definition) is 1. The second-order valence-corrected chi connectivity index (χ2v) is 4.10. The highest BCUT2D eigenvalue weighted by Gasteiger charge is 2.02. The molecule has 0 aliphatic rings. The highest BCUT2D eigenvalue weighted by molar-refractivity contribution is 5.58. The molecule has 1 aromatic heterocycles. The van der Waals surface area contributed by atoms with E-state index in [0.29, 0.717) is 16.9 Å². The standard InChI is InChI=1S/C15H13FN2/c1-10-8-11(2)18-14(15(10)17)7-6-12-4-3-5-13(16)9-12/h3-5,8-9H,17H2,1-2H3. The third-order valence-corrected chi connectivity index (χ3v) is 2.54. The van der Waals surface area contributed by atoms with Crippen LogP contribution in [0.3, 0.4) is 0 Å². The molecule has 18 heavy (non-hydrogen) atoms. The van der Waals surface area contributed by atoms with Crippen LogP contribution in [0.5, 0.6) is 0 Å². The Bertz CT molecular complexity index is 651. The third-order valence-electron chi connectivity index (χ3n) is 2.54. The van der Waals surface area contributed by atoms with Gasteiger partial charge in [-0.2, -0.15) is 0 Å². The predicted molar refractivity (Wildman–Crippen MR) is 70.5 cm³/mol. The minimum absolute atomic E-state index is 0.303. The quantitative estimate of drug-likeness (QED) is 0.719. The molecule has 3 heteroatoms. The number of benzene rings is 1. The third kappa shape index (κ3) is 2.67. The number of hydrogen-bond acceptors (Lipinski definition) is 2. The van der Waals surface area contributed by atoms with E-state index < -0.39 is 0 Å². The van der Waals surface area contributed by atoms with Gasteiger partial charge in [0.05, 0.1) is 5.69 Å². The number of nitrogens with two attached hydrogens (primary N) is 1. The maximum absolute atomic E-state index is 13.0. The van der Waals surface area contributed by atoms with Crippen LogP contribution in [0.15, 0.2) is 30.3 Å². The highest BCUT2D eigenvalue weighted by atomic mass is 19.1. The molecule has 1 aromatic carbocycles. The van der Waals surface area contributed by atoms with Gasteiger partial charge in [0.25, 0.3) is 0 Å². The van der Waals surface area contributed by atoms with Crippen molar-refractivity contribution in [1.82, 2.24) is 4.98 Å². The molecule has 2 N–H and O–H groups in total. The Morgan fingerprint density at radius 1 is 1.17 bits per heavy atom. The number of aromatic nitrogens is 1. The maximum atomic E-state index is 13.0. The summed E-state index contributed by atoms with van der Waals surface area (Å²) in [6, 6.07) is 8.04. The van der Waals surface area contributed by atoms with E-state index in [1.54, 1.807) is 12.1 Å². The Labute approximate surface area is 106 Å². The van der Waals surface area contributed by atoms with Crippen molar-refractivity contribution in [3.05, 3.63) is 58.7 Å². The number of anilines is 1. The molecule has 0 atom stereocenters. The summed E-state index contributed by atoms with van der Waals surface area (Å²) < 4.78 is 13.0. The summed E-state index contributed by atoms with van der Waals surface area (Å²) in [5.41, 5.74) is 9.44. The number of halogens is 1. The first-order valence-electron chi connectivity index (χ1n) is 5.57. The molecule has 0 spiro atoms. The van der Waals surface area contributed by atoms with Gasteiger partial charge in [0.1, 0.15) is 11.5 Å². The van der Waals surface area contributed by atoms with Crippen molar-refractivity contribution in [3.8, 4) is 11.8 Å². The molecular weight excluding hydrogens is 227 g/mol. The number of rotatable bonds is 0. The number of nitrogen functional groups attached to an aromatic ring is 1. The molecule has 0 saturated carbocycles. The summed E-state index contributed by atoms with van der Waals surface area (Å²) in [7, 11) is 0. The van der Waals surface area contributed by atoms with E-state index in [1.165, 1.54) is 12.1 Å². The Morgan fingerprint density at radius 2 is 1.94 bits per heavy atom. The Morgan fingerprint density at radius 3 is 2.67 bits per heavy atom. The highest BCUT2D eigenvalue weighted by Crippen LogP contribution is 2.15. The average molecular weight is 240 g/mol. The summed E-state index contributed by atoms with van der Waals surface area (Å²) in [4.78, 5) is 4.28. The molecule has 0 unspecified atom stereocenters. The first-order chi connectivity index (χ1) is 8.56. The molecule has 2 aromatic rings. The van der Waals surface area contributed by atoms with E-state index in [4.69, 9.17) is 5.73 Å². The van der Waals surface area contributed by atoms with Crippen LogP contribution >= 0.6 is 0 Å². The first-order valence-corrected chi connectivity index (χ1v) is 5.57. The number of nitrogens with zero attached hydrogens (tertiary/aromatic N) is 1. The Kier molecular flexibility index (Phi) is 3.29. The summed E-state index contributed by atoms with van der Waals surface area (Å²) in [5, 5.41) is 0. The fraction of sp³-hybridized carbons (Fsp3) is 0.133. The van der Waals surface area contributed by atoms with E-state index in [1.807, 2.05) is 19.9 Å². The van der Waals surface area contributed by atoms with Crippen LogP contribution < -0.4 is 5.73 Å². The molecule has 0 radical (unpaired) electrons. The second-order valence-electron chi connectivity index (χ2n) is 4.10. The zero-order valence-electron chi connectivity index (χ0n) is 10.3. The molecule has 0 aliphatic carbocycles. The molecule has 90 valence electrons. The largest absolute Gasteiger partial charge is 0.396 e. The lowest BCUT2D eigenvalue weighted by atomic mass is 10.1. The lowest BCUT2D eigenvalue weighted by Gasteiger charge is -2.03. The molecule has 0 fully saturated rings. The van der Waals surface area contributed by atoms with E-state index >= 15 is 0 Å². The summed E-state index contributed by atoms with van der Waals surface area (Å²) in [6.07, 6.45) is 0. The predicted octanol–water partition coefficient (Wildman–Crippen LogP) is 2.82. The maximum Gasteiger partial charge on any atom is 0.136 e. The van der Waals surface area contributed by atoms with Gasteiger partial charge >= 0.3 is 0 Å². The zero-order chi connectivity index (χ0) is 13.1. The Hall–Kier alpha value is -2.34. The topological polar surface area (TPSA) is 38.9 Å². The van der Waals surface area contributed by atoms with Crippen molar-refractivity contribution in [3.63, 3.8) is 0 Å². The van der Waals surface area contributed by atoms with Crippen molar-refractivity contribution >= 4 is 5.69 Å². The SMILES string of the molecule is Cc1cc(C)c(N)c(C#Cc2cccc(F)c2)n1. The van der Waals surface area contributed by atoms with Crippen LogP contribution in [0, 0.1) is 31.5 Å². The molecule has 0 saturated heterocycles. The van der Waals surface area contributed by atoms with E-state index in [-0.39, 0.29) is 5.82 Å². The average Bonchev–Trinajstić information content (AvgIpc) is 2.32. The van der Waals surface area contributed by atoms with Crippen LogP contribution in [-0.2, 0) is 0 Å². The van der Waals surface area contributed by atoms with Gasteiger partial charge in [-0.1, -0.05) is 12.0 Å². The molecule has 1 heterocycles. The van der Waals surface area contributed by atoms with Crippen molar-refractivity contribution in [2.24, 2.45) is 0 Å². The fourth-order valence-electron chi connectivity index (χ4n) is 1.64. The van der Waals surface area contributed by atoms with E-state index in [0.717, 1.165) is 11.3 Å². The van der Waals surface area contributed by atoms with Crippen molar-refractivity contribution in [1.29, 1.82) is 0 Å². The van der Waals surface area contributed by atoms with Gasteiger partial charge in [-0.25, -0.2) is 9.37 Å². The van der Waals surface area contributed by atoms with Gasteiger partial charge in [-0.05, 0) is 49.6 Å². The van der Waals surface area contributed by atoms with Crippen LogP contribution in [0.4, 0.5) is 10.1 Å². The normalized spacial score (nSPS) is 9.72. The van der Waals surface area contributed by atoms with Crippen LogP contribution in [-0.4, -0.2) is 4.98 Å². The van der Waals surface area contributed by atoms with Crippen molar-refractivity contribution in [2.45, 2.75) is 13.8 Å². The molecule has 0 bridgehead atoms. The van der Waals surface area contributed by atoms with Crippen LogP contribution in [0.25, 0.3) is 0 Å².